The molecule has 0 atom stereocenters. The topological polar surface area (TPSA) is 89.9 Å². The van der Waals surface area contributed by atoms with Gasteiger partial charge in [0.2, 0.25) is 0 Å². The third-order valence-corrected chi connectivity index (χ3v) is 3.34. The quantitative estimate of drug-likeness (QED) is 0.608. The summed E-state index contributed by atoms with van der Waals surface area (Å²) in [5, 5.41) is 21.3. The van der Waals surface area contributed by atoms with Gasteiger partial charge in [0.25, 0.3) is 0 Å². The number of hydrogen-bond donors (Lipinski definition) is 3. The minimum Gasteiger partial charge on any atom is -0.481 e. The smallest absolute Gasteiger partial charge is 0.317 e. The number of urea groups is 1. The van der Waals surface area contributed by atoms with Crippen LogP contribution in [-0.2, 0) is 4.79 Å². The van der Waals surface area contributed by atoms with Crippen molar-refractivity contribution >= 4 is 12.0 Å². The molecule has 0 aromatic rings. The molecule has 0 saturated carbocycles. The number of likely N-dealkylation sites (N-methyl/N-ethyl adjacent to an activating group) is 1. The van der Waals surface area contributed by atoms with Crippen LogP contribution in [-0.4, -0.2) is 52.3 Å². The molecule has 0 aliphatic rings. The molecule has 0 bridgehead atoms. The molecule has 0 aliphatic heterocycles. The van der Waals surface area contributed by atoms with E-state index in [-0.39, 0.29) is 24.4 Å². The molecule has 21 heavy (non-hydrogen) atoms. The van der Waals surface area contributed by atoms with Gasteiger partial charge in [-0.1, -0.05) is 13.8 Å². The van der Waals surface area contributed by atoms with Crippen molar-refractivity contribution in [3.63, 3.8) is 0 Å². The van der Waals surface area contributed by atoms with Crippen LogP contribution in [0, 0.1) is 5.41 Å². The van der Waals surface area contributed by atoms with Gasteiger partial charge in [-0.2, -0.15) is 0 Å². The van der Waals surface area contributed by atoms with Crippen molar-refractivity contribution in [3.05, 3.63) is 0 Å². The van der Waals surface area contributed by atoms with E-state index in [2.05, 4.69) is 5.32 Å². The van der Waals surface area contributed by atoms with Crippen LogP contribution < -0.4 is 5.32 Å². The lowest BCUT2D eigenvalue weighted by Gasteiger charge is -2.29. The molecule has 6 heteroatoms. The third-order valence-electron chi connectivity index (χ3n) is 3.34. The minimum absolute atomic E-state index is 0.126. The van der Waals surface area contributed by atoms with Crippen molar-refractivity contribution in [2.75, 3.05) is 19.6 Å². The van der Waals surface area contributed by atoms with E-state index in [0.717, 1.165) is 0 Å². The van der Waals surface area contributed by atoms with Crippen molar-refractivity contribution in [1.82, 2.24) is 10.2 Å². The van der Waals surface area contributed by atoms with Gasteiger partial charge in [0.15, 0.2) is 0 Å². The van der Waals surface area contributed by atoms with Gasteiger partial charge in [0.1, 0.15) is 0 Å². The number of carboxylic acid groups (broad SMARTS) is 1. The monoisotopic (exact) mass is 302 g/mol. The van der Waals surface area contributed by atoms with Gasteiger partial charge in [0.05, 0.1) is 12.1 Å². The lowest BCUT2D eigenvalue weighted by Crippen LogP contribution is -2.47. The number of carboxylic acids is 1. The van der Waals surface area contributed by atoms with Gasteiger partial charge >= 0.3 is 12.0 Å². The molecule has 124 valence electrons. The predicted molar refractivity (Wildman–Crippen MR) is 82.2 cm³/mol. The summed E-state index contributed by atoms with van der Waals surface area (Å²) >= 11 is 0. The van der Waals surface area contributed by atoms with Crippen LogP contribution >= 0.6 is 0 Å². The highest BCUT2D eigenvalue weighted by atomic mass is 16.4. The summed E-state index contributed by atoms with van der Waals surface area (Å²) in [6.07, 6.45) is 1.44. The second-order valence-corrected chi connectivity index (χ2v) is 6.87. The van der Waals surface area contributed by atoms with Gasteiger partial charge in [-0.3, -0.25) is 4.79 Å². The second-order valence-electron chi connectivity index (χ2n) is 6.87. The van der Waals surface area contributed by atoms with Crippen LogP contribution in [0.3, 0.4) is 0 Å². The Hall–Kier alpha value is -1.30. The van der Waals surface area contributed by atoms with Crippen molar-refractivity contribution in [3.8, 4) is 0 Å². The molecule has 0 rings (SSSR count). The van der Waals surface area contributed by atoms with Crippen LogP contribution in [0.1, 0.15) is 53.9 Å². The van der Waals surface area contributed by atoms with Gasteiger partial charge in [-0.15, -0.1) is 0 Å². The van der Waals surface area contributed by atoms with E-state index in [0.29, 0.717) is 25.9 Å². The average molecular weight is 302 g/mol. The molecule has 0 aromatic carbocycles. The fraction of sp³-hybridized carbons (Fsp3) is 0.867. The normalized spacial score (nSPS) is 12.1. The van der Waals surface area contributed by atoms with Crippen LogP contribution in [0.5, 0.6) is 0 Å². The molecule has 3 N–H and O–H groups in total. The number of nitrogens with one attached hydrogen (secondary N) is 1. The highest BCUT2D eigenvalue weighted by molar-refractivity contribution is 5.74. The number of rotatable bonds is 9. The van der Waals surface area contributed by atoms with Gasteiger partial charge < -0.3 is 20.4 Å². The van der Waals surface area contributed by atoms with Crippen LogP contribution in [0.2, 0.25) is 0 Å². The Bertz CT molecular complexity index is 348. The molecular weight excluding hydrogens is 272 g/mol. The number of hydrogen-bond acceptors (Lipinski definition) is 3. The number of aliphatic hydroxyl groups is 1. The van der Waals surface area contributed by atoms with E-state index in [1.165, 1.54) is 0 Å². The number of amides is 2. The summed E-state index contributed by atoms with van der Waals surface area (Å²) < 4.78 is 0. The summed E-state index contributed by atoms with van der Waals surface area (Å²) in [7, 11) is 0. The first-order valence-corrected chi connectivity index (χ1v) is 7.44. The molecule has 6 nitrogen and oxygen atoms in total. The Morgan fingerprint density at radius 3 is 2.14 bits per heavy atom. The lowest BCUT2D eigenvalue weighted by atomic mass is 9.84. The van der Waals surface area contributed by atoms with Gasteiger partial charge in [0, 0.05) is 19.5 Å². The summed E-state index contributed by atoms with van der Waals surface area (Å²) in [5.74, 6) is -0.797. The maximum Gasteiger partial charge on any atom is 0.317 e. The summed E-state index contributed by atoms with van der Waals surface area (Å²) in [4.78, 5) is 24.2. The lowest BCUT2D eigenvalue weighted by molar-refractivity contribution is -0.137. The SMILES string of the molecule is CCN(CC(C)(C)O)C(=O)NCCC(C)(C)CCC(=O)O. The van der Waals surface area contributed by atoms with E-state index < -0.39 is 11.6 Å². The Balaban J connectivity index is 4.20. The molecule has 0 fully saturated rings. The van der Waals surface area contributed by atoms with Crippen molar-refractivity contribution < 1.29 is 19.8 Å². The van der Waals surface area contributed by atoms with Crippen LogP contribution in [0.25, 0.3) is 0 Å². The summed E-state index contributed by atoms with van der Waals surface area (Å²) in [6.45, 7) is 10.5. The van der Waals surface area contributed by atoms with Crippen molar-refractivity contribution in [1.29, 1.82) is 0 Å². The third kappa shape index (κ3) is 10.1. The Morgan fingerprint density at radius 2 is 1.71 bits per heavy atom. The van der Waals surface area contributed by atoms with E-state index in [4.69, 9.17) is 5.11 Å². The number of aliphatic carboxylic acids is 1. The Kier molecular flexibility index (Phi) is 7.71. The van der Waals surface area contributed by atoms with E-state index in [1.54, 1.807) is 18.7 Å². The largest absolute Gasteiger partial charge is 0.481 e. The molecule has 0 unspecified atom stereocenters. The molecule has 0 radical (unpaired) electrons. The fourth-order valence-electron chi connectivity index (χ4n) is 1.98. The second kappa shape index (κ2) is 8.22. The number of carbonyl (C=O) groups excluding carboxylic acids is 1. The molecule has 2 amide bonds. The highest BCUT2D eigenvalue weighted by Gasteiger charge is 2.22. The summed E-state index contributed by atoms with van der Waals surface area (Å²) in [6, 6.07) is -0.200. The Labute approximate surface area is 127 Å². The number of carbonyl (C=O) groups is 2. The first-order valence-electron chi connectivity index (χ1n) is 7.44. The van der Waals surface area contributed by atoms with Crippen molar-refractivity contribution in [2.24, 2.45) is 5.41 Å². The predicted octanol–water partition coefficient (Wildman–Crippen LogP) is 2.07. The zero-order chi connectivity index (χ0) is 16.7. The highest BCUT2D eigenvalue weighted by Crippen LogP contribution is 2.26. The Morgan fingerprint density at radius 1 is 1.14 bits per heavy atom. The molecule has 0 saturated heterocycles. The van der Waals surface area contributed by atoms with Crippen molar-refractivity contribution in [2.45, 2.75) is 59.5 Å². The zero-order valence-corrected chi connectivity index (χ0v) is 13.9. The van der Waals surface area contributed by atoms with Crippen LogP contribution in [0.15, 0.2) is 0 Å². The maximum absolute atomic E-state index is 12.0. The minimum atomic E-state index is -0.923. The standard InChI is InChI=1S/C15H30N2O4/c1-6-17(11-15(4,5)21)13(20)16-10-9-14(2,3)8-7-12(18)19/h21H,6-11H2,1-5H3,(H,16,20)(H,18,19). The number of nitrogens with zero attached hydrogens (tertiary/aromatic N) is 1. The molecule has 0 aliphatic carbocycles. The maximum atomic E-state index is 12.0. The van der Waals surface area contributed by atoms with E-state index >= 15 is 0 Å². The fourth-order valence-corrected chi connectivity index (χ4v) is 1.98. The van der Waals surface area contributed by atoms with Gasteiger partial charge in [-0.25, -0.2) is 4.79 Å². The zero-order valence-electron chi connectivity index (χ0n) is 13.9. The summed E-state index contributed by atoms with van der Waals surface area (Å²) in [5.41, 5.74) is -1.05. The molecule has 0 spiro atoms. The average Bonchev–Trinajstić information content (AvgIpc) is 2.32. The first-order chi connectivity index (χ1) is 9.47. The molecule has 0 heterocycles. The molecular formula is C15H30N2O4. The first kappa shape index (κ1) is 19.7. The molecule has 0 aromatic heterocycles. The van der Waals surface area contributed by atoms with Gasteiger partial charge in [-0.05, 0) is 39.0 Å². The van der Waals surface area contributed by atoms with E-state index in [1.807, 2.05) is 20.8 Å². The van der Waals surface area contributed by atoms with E-state index in [9.17, 15) is 14.7 Å². The van der Waals surface area contributed by atoms with Crippen LogP contribution in [0.4, 0.5) is 4.79 Å².